The molecule has 12 nitrogen and oxygen atoms in total. The minimum Gasteiger partial charge on any atom is -0.480 e. The first-order valence-electron chi connectivity index (χ1n) is 17.1. The fourth-order valence-electron chi connectivity index (χ4n) is 7.38. The van der Waals surface area contributed by atoms with E-state index in [9.17, 15) is 9.59 Å². The number of carbonyl (C=O) groups is 2. The number of amides is 2. The molecular weight excluding hydrogens is 689 g/mol. The quantitative estimate of drug-likeness (QED) is 0.253. The molecule has 1 N–H and O–H groups in total. The molecule has 2 amide bonds. The average Bonchev–Trinajstić information content (AvgIpc) is 3.09. The first kappa shape index (κ1) is 35.1. The molecule has 3 fully saturated rings. The predicted octanol–water partition coefficient (Wildman–Crippen LogP) is 4.95. The molecule has 51 heavy (non-hydrogen) atoms. The van der Waals surface area contributed by atoms with Crippen molar-refractivity contribution < 1.29 is 14.3 Å². The highest BCUT2D eigenvalue weighted by molar-refractivity contribution is 6.39. The van der Waals surface area contributed by atoms with Gasteiger partial charge in [0.1, 0.15) is 11.5 Å². The van der Waals surface area contributed by atoms with E-state index in [2.05, 4.69) is 15.1 Å². The van der Waals surface area contributed by atoms with Crippen LogP contribution < -0.4 is 10.1 Å². The van der Waals surface area contributed by atoms with Crippen molar-refractivity contribution in [2.45, 2.75) is 26.9 Å². The van der Waals surface area contributed by atoms with Crippen molar-refractivity contribution in [2.24, 2.45) is 5.41 Å². The van der Waals surface area contributed by atoms with Crippen LogP contribution in [0.3, 0.4) is 0 Å². The molecule has 0 aliphatic carbocycles. The summed E-state index contributed by atoms with van der Waals surface area (Å²) in [4.78, 5) is 51.0. The van der Waals surface area contributed by atoms with Gasteiger partial charge in [-0.05, 0) is 0 Å². The number of piperazine rings is 1. The van der Waals surface area contributed by atoms with Gasteiger partial charge in [0.25, 0.3) is 0 Å². The number of rotatable bonds is 9. The molecule has 0 unspecified atom stereocenters. The number of benzene rings is 2. The van der Waals surface area contributed by atoms with Gasteiger partial charge in [-0.25, -0.2) is 9.97 Å². The molecule has 3 aliphatic rings. The van der Waals surface area contributed by atoms with Crippen LogP contribution in [0.5, 0.6) is 5.88 Å². The lowest BCUT2D eigenvalue weighted by atomic mass is 9.73. The lowest BCUT2D eigenvalue weighted by molar-refractivity contribution is -0.157. The van der Waals surface area contributed by atoms with Crippen LogP contribution in [-0.4, -0.2) is 118 Å². The Morgan fingerprint density at radius 3 is 1.82 bits per heavy atom. The van der Waals surface area contributed by atoms with Crippen LogP contribution in [0.4, 0.5) is 5.82 Å². The Balaban J connectivity index is 1.09. The van der Waals surface area contributed by atoms with E-state index in [4.69, 9.17) is 47.9 Å². The van der Waals surface area contributed by atoms with E-state index in [1.165, 1.54) is 0 Å². The van der Waals surface area contributed by atoms with Crippen molar-refractivity contribution in [1.29, 1.82) is 0 Å². The molecule has 5 heterocycles. The van der Waals surface area contributed by atoms with Gasteiger partial charge >= 0.3 is 0 Å². The summed E-state index contributed by atoms with van der Waals surface area (Å²) >= 11 is 14.2. The second-order valence-electron chi connectivity index (χ2n) is 13.6. The van der Waals surface area contributed by atoms with Gasteiger partial charge in [0, 0.05) is 114 Å². The third-order valence-electron chi connectivity index (χ3n) is 10.1. The van der Waals surface area contributed by atoms with E-state index in [1.807, 2.05) is 53.2 Å². The Kier molecular flexibility index (Phi) is 9.86. The van der Waals surface area contributed by atoms with Crippen molar-refractivity contribution in [1.82, 2.24) is 39.5 Å². The van der Waals surface area contributed by atoms with Crippen LogP contribution in [0.2, 0.25) is 10.0 Å². The normalized spacial score (nSPS) is 17.2. The Bertz CT molecular complexity index is 1970. The van der Waals surface area contributed by atoms with Gasteiger partial charge in [0.15, 0.2) is 0 Å². The predicted molar refractivity (Wildman–Crippen MR) is 198 cm³/mol. The molecule has 1 spiro atoms. The molecule has 3 saturated heterocycles. The summed E-state index contributed by atoms with van der Waals surface area (Å²) in [5.74, 6) is 1.37. The highest BCUT2D eigenvalue weighted by atomic mass is 35.5. The van der Waals surface area contributed by atoms with Crippen LogP contribution in [0.25, 0.3) is 33.6 Å². The van der Waals surface area contributed by atoms with E-state index in [0.717, 1.165) is 67.3 Å². The zero-order valence-corrected chi connectivity index (χ0v) is 30.8. The summed E-state index contributed by atoms with van der Waals surface area (Å²) in [6.45, 7) is 10.9. The highest BCUT2D eigenvalue weighted by Crippen LogP contribution is 2.43. The van der Waals surface area contributed by atoms with Crippen molar-refractivity contribution in [3.63, 3.8) is 0 Å². The van der Waals surface area contributed by atoms with Gasteiger partial charge < -0.3 is 19.9 Å². The Morgan fingerprint density at radius 1 is 0.745 bits per heavy atom. The van der Waals surface area contributed by atoms with Crippen LogP contribution in [-0.2, 0) is 22.7 Å². The van der Waals surface area contributed by atoms with E-state index in [-0.39, 0.29) is 17.2 Å². The maximum atomic E-state index is 11.7. The smallest absolute Gasteiger partial charge is 0.237 e. The summed E-state index contributed by atoms with van der Waals surface area (Å²) < 4.78 is 5.67. The summed E-state index contributed by atoms with van der Waals surface area (Å²) in [6, 6.07) is 11.6. The van der Waals surface area contributed by atoms with Gasteiger partial charge in [-0.15, -0.1) is 0 Å². The topological polar surface area (TPSA) is 120 Å². The molecule has 2 aromatic carbocycles. The fourth-order valence-corrected chi connectivity index (χ4v) is 8.03. The first-order chi connectivity index (χ1) is 24.6. The Hall–Kier alpha value is -4.36. The largest absolute Gasteiger partial charge is 0.480 e. The number of nitrogens with zero attached hydrogens (tertiary/aromatic N) is 8. The number of likely N-dealkylation sites (tertiary alicyclic amines) is 2. The number of aromatic nitrogens is 4. The number of carbonyl (C=O) groups excluding carboxylic acids is 2. The van der Waals surface area contributed by atoms with Gasteiger partial charge in [0.05, 0.1) is 46.6 Å². The monoisotopic (exact) mass is 729 g/mol. The van der Waals surface area contributed by atoms with E-state index >= 15 is 0 Å². The lowest BCUT2D eigenvalue weighted by Crippen LogP contribution is -2.72. The van der Waals surface area contributed by atoms with E-state index in [0.29, 0.717) is 64.9 Å². The molecule has 14 heteroatoms. The molecule has 0 atom stereocenters. The molecule has 3 aliphatic heterocycles. The molecule has 2 aromatic heterocycles. The Morgan fingerprint density at radius 2 is 1.27 bits per heavy atom. The summed E-state index contributed by atoms with van der Waals surface area (Å²) in [7, 11) is 3.43. The molecule has 7 rings (SSSR count). The summed E-state index contributed by atoms with van der Waals surface area (Å²) in [5.41, 5.74) is 5.98. The zero-order valence-electron chi connectivity index (χ0n) is 29.2. The average molecular weight is 731 g/mol. The summed E-state index contributed by atoms with van der Waals surface area (Å²) in [6.07, 6.45) is 3.48. The molecular formula is C37H41Cl2N9O3. The molecule has 4 aromatic rings. The van der Waals surface area contributed by atoms with Gasteiger partial charge in [0.2, 0.25) is 17.7 Å². The van der Waals surface area contributed by atoms with Crippen molar-refractivity contribution in [3.8, 4) is 39.5 Å². The van der Waals surface area contributed by atoms with Gasteiger partial charge in [-0.1, -0.05) is 59.6 Å². The maximum absolute atomic E-state index is 11.7. The molecule has 0 bridgehead atoms. The number of hydrogen-bond donors (Lipinski definition) is 1. The van der Waals surface area contributed by atoms with Crippen LogP contribution in [0, 0.1) is 5.41 Å². The molecule has 266 valence electrons. The van der Waals surface area contributed by atoms with Crippen LogP contribution in [0.15, 0.2) is 48.8 Å². The second-order valence-corrected chi connectivity index (χ2v) is 14.4. The molecule has 0 radical (unpaired) electrons. The van der Waals surface area contributed by atoms with E-state index < -0.39 is 0 Å². The summed E-state index contributed by atoms with van der Waals surface area (Å²) in [5, 5.41) is 4.21. The first-order valence-corrected chi connectivity index (χ1v) is 17.8. The number of methoxy groups -OCH3 is 1. The highest BCUT2D eigenvalue weighted by Gasteiger charge is 2.52. The number of anilines is 1. The van der Waals surface area contributed by atoms with Crippen molar-refractivity contribution >= 4 is 40.8 Å². The third-order valence-corrected chi connectivity index (χ3v) is 10.9. The van der Waals surface area contributed by atoms with Gasteiger partial charge in [-0.2, -0.15) is 0 Å². The minimum absolute atomic E-state index is 0.0967. The maximum Gasteiger partial charge on any atom is 0.237 e. The van der Waals surface area contributed by atoms with Crippen molar-refractivity contribution in [2.75, 3.05) is 71.8 Å². The van der Waals surface area contributed by atoms with E-state index in [1.54, 1.807) is 33.4 Å². The number of halogens is 2. The van der Waals surface area contributed by atoms with Crippen molar-refractivity contribution in [3.05, 3.63) is 70.2 Å². The Labute approximate surface area is 307 Å². The second kappa shape index (κ2) is 14.3. The van der Waals surface area contributed by atoms with Crippen LogP contribution >= 0.6 is 23.2 Å². The zero-order chi connectivity index (χ0) is 35.9. The standard InChI is InChI=1S/C37H41Cl2N9O3/c1-23(49)47-13-11-45(12-14-47)18-32-36(51-4)44-30(16-42-32)28-10-6-8-26(34(28)39)25-7-5-9-27(33(25)38)29-15-41-31(35(40-3)43-29)17-46-19-37(20-46)21-48(22-37)24(2)50/h5-10,15-16H,11-14,17-22H2,1-4H3,(H,40,43). The number of hydrogen-bond acceptors (Lipinski definition) is 10. The third kappa shape index (κ3) is 6.97. The van der Waals surface area contributed by atoms with Gasteiger partial charge in [-0.3, -0.25) is 29.4 Å². The molecule has 0 saturated carbocycles. The fraction of sp³-hybridized carbons (Fsp3) is 0.405. The van der Waals surface area contributed by atoms with Crippen LogP contribution in [0.1, 0.15) is 25.2 Å². The lowest BCUT2D eigenvalue weighted by Gasteiger charge is -2.60. The minimum atomic E-state index is 0.0967. The number of nitrogens with one attached hydrogen (secondary N) is 1. The SMILES string of the molecule is CNc1nc(-c2cccc(-c3cccc(-c4cnc(CN5CCN(C(C)=O)CC5)c(OC)n4)c3Cl)c2Cl)cnc1CN1CC2(C1)CN(C(C)=O)C2. The number of ether oxygens (including phenoxy) is 1.